The molecule has 3 N–H and O–H groups in total. The van der Waals surface area contributed by atoms with Gasteiger partial charge in [-0.15, -0.1) is 0 Å². The molecular formula is C18H24N6O2. The third-order valence-corrected chi connectivity index (χ3v) is 5.05. The average molecular weight is 356 g/mol. The van der Waals surface area contributed by atoms with E-state index in [-0.39, 0.29) is 17.8 Å². The summed E-state index contributed by atoms with van der Waals surface area (Å²) in [5.74, 6) is 0.471. The number of carbonyl (C=O) groups is 1. The van der Waals surface area contributed by atoms with Crippen LogP contribution < -0.4 is 5.73 Å². The number of nitrogen functional groups attached to an aromatic ring is 1. The highest BCUT2D eigenvalue weighted by molar-refractivity contribution is 5.92. The smallest absolute Gasteiger partial charge is 0.273 e. The molecule has 8 heteroatoms. The Bertz CT molecular complexity index is 842. The number of amides is 1. The van der Waals surface area contributed by atoms with Gasteiger partial charge in [0, 0.05) is 12.2 Å². The number of carbonyl (C=O) groups excluding carboxylic acids is 1. The fraction of sp³-hybridized carbons (Fsp3) is 0.556. The summed E-state index contributed by atoms with van der Waals surface area (Å²) in [6.07, 6.45) is 1.62. The molecule has 138 valence electrons. The number of nitrogens with zero attached hydrogens (tertiary/aromatic N) is 5. The highest BCUT2D eigenvalue weighted by Gasteiger charge is 2.34. The van der Waals surface area contributed by atoms with Gasteiger partial charge < -0.3 is 15.7 Å². The van der Waals surface area contributed by atoms with Gasteiger partial charge in [-0.25, -0.2) is 9.97 Å². The number of aliphatic hydroxyl groups excluding tert-OH is 1. The van der Waals surface area contributed by atoms with Crippen molar-refractivity contribution in [2.24, 2.45) is 5.92 Å². The van der Waals surface area contributed by atoms with Crippen LogP contribution in [-0.2, 0) is 13.1 Å². The predicted molar refractivity (Wildman–Crippen MR) is 95.2 cm³/mol. The number of nitrogens with two attached hydrogens (primary N) is 1. The summed E-state index contributed by atoms with van der Waals surface area (Å²) in [6.45, 7) is 5.61. The molecule has 0 unspecified atom stereocenters. The van der Waals surface area contributed by atoms with Crippen molar-refractivity contribution in [2.75, 3.05) is 12.3 Å². The minimum atomic E-state index is -0.493. The molecule has 1 aliphatic carbocycles. The Balaban J connectivity index is 1.54. The molecule has 1 atom stereocenters. The zero-order chi connectivity index (χ0) is 18.4. The van der Waals surface area contributed by atoms with E-state index in [2.05, 4.69) is 15.1 Å². The standard InChI is InChI=1S/C18H24N6O2/c1-10(2)13-8-15(21-18(19)20-13)17(26)23-5-6-24-12(9-23)7-14(22-24)16(25)11-3-4-11/h7-8,10-11,16,25H,3-6,9H2,1-2H3,(H2,19,20,21)/t16-/m1/s1. The van der Waals surface area contributed by atoms with Crippen molar-refractivity contribution in [3.63, 3.8) is 0 Å². The number of fused-ring (bicyclic) bond motifs is 1. The molecule has 0 spiro atoms. The minimum Gasteiger partial charge on any atom is -0.386 e. The van der Waals surface area contributed by atoms with Crippen LogP contribution >= 0.6 is 0 Å². The number of anilines is 1. The monoisotopic (exact) mass is 356 g/mol. The fourth-order valence-corrected chi connectivity index (χ4v) is 3.31. The van der Waals surface area contributed by atoms with Gasteiger partial charge in [0.15, 0.2) is 0 Å². The normalized spacial score (nSPS) is 18.1. The molecule has 8 nitrogen and oxygen atoms in total. The first-order chi connectivity index (χ1) is 12.4. The number of aromatic nitrogens is 4. The van der Waals surface area contributed by atoms with Crippen molar-refractivity contribution in [1.82, 2.24) is 24.6 Å². The Kier molecular flexibility index (Phi) is 4.14. The largest absolute Gasteiger partial charge is 0.386 e. The third-order valence-electron chi connectivity index (χ3n) is 5.05. The van der Waals surface area contributed by atoms with Crippen LogP contribution in [0.5, 0.6) is 0 Å². The second-order valence-corrected chi connectivity index (χ2v) is 7.48. The molecule has 2 aromatic heterocycles. The van der Waals surface area contributed by atoms with Crippen molar-refractivity contribution < 1.29 is 9.90 Å². The third kappa shape index (κ3) is 3.16. The van der Waals surface area contributed by atoms with Crippen molar-refractivity contribution in [2.45, 2.75) is 51.8 Å². The van der Waals surface area contributed by atoms with Crippen molar-refractivity contribution >= 4 is 11.9 Å². The van der Waals surface area contributed by atoms with E-state index in [4.69, 9.17) is 5.73 Å². The molecule has 1 saturated carbocycles. The molecule has 2 aromatic rings. The summed E-state index contributed by atoms with van der Waals surface area (Å²) in [4.78, 5) is 23.0. The SMILES string of the molecule is CC(C)c1cc(C(=O)N2CCn3nc([C@H](O)C4CC4)cc3C2)nc(N)n1. The lowest BCUT2D eigenvalue weighted by Gasteiger charge is -2.27. The van der Waals surface area contributed by atoms with Crippen LogP contribution in [0.25, 0.3) is 0 Å². The van der Waals surface area contributed by atoms with Gasteiger partial charge in [0.25, 0.3) is 5.91 Å². The number of hydrogen-bond acceptors (Lipinski definition) is 6. The molecule has 1 aliphatic heterocycles. The average Bonchev–Trinajstić information content (AvgIpc) is 3.38. The molecular weight excluding hydrogens is 332 g/mol. The summed E-state index contributed by atoms with van der Waals surface area (Å²) in [5, 5.41) is 14.8. The molecule has 3 heterocycles. The Morgan fingerprint density at radius 1 is 1.23 bits per heavy atom. The summed E-state index contributed by atoms with van der Waals surface area (Å²) < 4.78 is 1.89. The highest BCUT2D eigenvalue weighted by atomic mass is 16.3. The van der Waals surface area contributed by atoms with Gasteiger partial charge >= 0.3 is 0 Å². The summed E-state index contributed by atoms with van der Waals surface area (Å²) in [7, 11) is 0. The second kappa shape index (κ2) is 6.35. The van der Waals surface area contributed by atoms with Gasteiger partial charge in [-0.3, -0.25) is 9.48 Å². The van der Waals surface area contributed by atoms with Crippen LogP contribution in [0.4, 0.5) is 5.95 Å². The minimum absolute atomic E-state index is 0.122. The van der Waals surface area contributed by atoms with E-state index in [1.807, 2.05) is 24.6 Å². The molecule has 2 aliphatic rings. The molecule has 1 fully saturated rings. The topological polar surface area (TPSA) is 110 Å². The first-order valence-electron chi connectivity index (χ1n) is 9.11. The van der Waals surface area contributed by atoms with Gasteiger partial charge in [0.1, 0.15) is 11.8 Å². The van der Waals surface area contributed by atoms with Gasteiger partial charge in [-0.1, -0.05) is 13.8 Å². The van der Waals surface area contributed by atoms with E-state index in [0.29, 0.717) is 36.9 Å². The Labute approximate surface area is 152 Å². The van der Waals surface area contributed by atoms with Crippen LogP contribution in [0.3, 0.4) is 0 Å². The Morgan fingerprint density at radius 2 is 2.00 bits per heavy atom. The number of aliphatic hydroxyl groups is 1. The summed E-state index contributed by atoms with van der Waals surface area (Å²) >= 11 is 0. The fourth-order valence-electron chi connectivity index (χ4n) is 3.31. The van der Waals surface area contributed by atoms with Crippen molar-refractivity contribution in [3.05, 3.63) is 34.9 Å². The summed E-state index contributed by atoms with van der Waals surface area (Å²) in [6, 6.07) is 3.63. The molecule has 1 amide bonds. The molecule has 0 bridgehead atoms. The van der Waals surface area contributed by atoms with Gasteiger partial charge in [-0.05, 0) is 36.8 Å². The Hall–Kier alpha value is -2.48. The van der Waals surface area contributed by atoms with Gasteiger partial charge in [0.05, 0.1) is 24.5 Å². The number of rotatable bonds is 4. The van der Waals surface area contributed by atoms with Crippen LogP contribution in [-0.4, -0.2) is 42.2 Å². The summed E-state index contributed by atoms with van der Waals surface area (Å²) in [5.41, 5.74) is 8.51. The molecule has 0 radical (unpaired) electrons. The van der Waals surface area contributed by atoms with Crippen LogP contribution in [0.1, 0.15) is 66.3 Å². The van der Waals surface area contributed by atoms with E-state index in [0.717, 1.165) is 24.2 Å². The van der Waals surface area contributed by atoms with E-state index in [1.54, 1.807) is 11.0 Å². The maximum atomic E-state index is 12.9. The molecule has 0 saturated heterocycles. The Morgan fingerprint density at radius 3 is 2.69 bits per heavy atom. The first kappa shape index (κ1) is 17.0. The van der Waals surface area contributed by atoms with Gasteiger partial charge in [-0.2, -0.15) is 5.10 Å². The van der Waals surface area contributed by atoms with Crippen LogP contribution in [0, 0.1) is 5.92 Å². The maximum Gasteiger partial charge on any atom is 0.273 e. The lowest BCUT2D eigenvalue weighted by Crippen LogP contribution is -2.39. The van der Waals surface area contributed by atoms with E-state index >= 15 is 0 Å². The quantitative estimate of drug-likeness (QED) is 0.858. The van der Waals surface area contributed by atoms with Gasteiger partial charge in [0.2, 0.25) is 5.95 Å². The van der Waals surface area contributed by atoms with Crippen LogP contribution in [0.15, 0.2) is 12.1 Å². The molecule has 0 aromatic carbocycles. The van der Waals surface area contributed by atoms with E-state index in [9.17, 15) is 9.90 Å². The second-order valence-electron chi connectivity index (χ2n) is 7.48. The van der Waals surface area contributed by atoms with Crippen molar-refractivity contribution in [3.8, 4) is 0 Å². The maximum absolute atomic E-state index is 12.9. The zero-order valence-corrected chi connectivity index (χ0v) is 15.1. The highest BCUT2D eigenvalue weighted by Crippen LogP contribution is 2.40. The van der Waals surface area contributed by atoms with Crippen molar-refractivity contribution in [1.29, 1.82) is 0 Å². The zero-order valence-electron chi connectivity index (χ0n) is 15.1. The lowest BCUT2D eigenvalue weighted by molar-refractivity contribution is 0.0699. The predicted octanol–water partition coefficient (Wildman–Crippen LogP) is 1.48. The van der Waals surface area contributed by atoms with E-state index in [1.165, 1.54) is 0 Å². The lowest BCUT2D eigenvalue weighted by atomic mass is 10.1. The molecule has 26 heavy (non-hydrogen) atoms. The van der Waals surface area contributed by atoms with E-state index < -0.39 is 6.10 Å². The molecule has 4 rings (SSSR count). The number of hydrogen-bond donors (Lipinski definition) is 2. The first-order valence-corrected chi connectivity index (χ1v) is 9.11. The van der Waals surface area contributed by atoms with Crippen LogP contribution in [0.2, 0.25) is 0 Å².